The summed E-state index contributed by atoms with van der Waals surface area (Å²) in [5, 5.41) is 6.39. The fourth-order valence-electron chi connectivity index (χ4n) is 3.40. The lowest BCUT2D eigenvalue weighted by molar-refractivity contribution is -0.108. The number of oxazole rings is 1. The van der Waals surface area contributed by atoms with Crippen LogP contribution in [0.1, 0.15) is 54.6 Å². The number of nitrogens with one attached hydrogen (secondary N) is 1. The molecule has 3 heterocycles. The number of hydrogen-bond acceptors (Lipinski definition) is 9. The number of hydrogen-bond donors (Lipinski definition) is 2. The van der Waals surface area contributed by atoms with Gasteiger partial charge in [0.05, 0.1) is 12.2 Å². The van der Waals surface area contributed by atoms with Crippen molar-refractivity contribution in [3.8, 4) is 11.5 Å². The molecule has 194 valence electrons. The summed E-state index contributed by atoms with van der Waals surface area (Å²) < 4.78 is 12.2. The number of carbonyl (C=O) groups excluding carboxylic acids is 4. The Morgan fingerprint density at radius 3 is 2.73 bits per heavy atom. The molecule has 0 aliphatic heterocycles. The first-order valence-electron chi connectivity index (χ1n) is 11.6. The van der Waals surface area contributed by atoms with Crippen LogP contribution in [0.3, 0.4) is 0 Å². The molecule has 0 aromatic carbocycles. The smallest absolute Gasteiger partial charge is 0.416 e. The van der Waals surface area contributed by atoms with Gasteiger partial charge in [-0.2, -0.15) is 5.10 Å². The highest BCUT2D eigenvalue weighted by Crippen LogP contribution is 2.32. The average Bonchev–Trinajstić information content (AvgIpc) is 3.34. The standard InChI is InChI=1S/C24H27N7O6/c1-24(2,3)37-23(35)31(11-14-4-5-14)18-10-15(6-7-26-18)22-28-17(13-36-22)21(34)27-16-12-30(8-9-32)29-19(16)20(25)33/h6-7,9-10,12-14H,4-5,8,11H2,1-3H3,(H2,25,33)(H,27,34). The van der Waals surface area contributed by atoms with Crippen LogP contribution in [0, 0.1) is 5.92 Å². The zero-order valence-corrected chi connectivity index (χ0v) is 20.6. The number of amides is 3. The fraction of sp³-hybridized carbons (Fsp3) is 0.375. The molecule has 1 aliphatic rings. The number of ether oxygens (including phenoxy) is 1. The normalized spacial score (nSPS) is 13.2. The average molecular weight is 510 g/mol. The summed E-state index contributed by atoms with van der Waals surface area (Å²) in [7, 11) is 0. The van der Waals surface area contributed by atoms with E-state index in [1.807, 2.05) is 0 Å². The van der Waals surface area contributed by atoms with Gasteiger partial charge >= 0.3 is 6.09 Å². The van der Waals surface area contributed by atoms with Crippen molar-refractivity contribution in [1.29, 1.82) is 0 Å². The van der Waals surface area contributed by atoms with Crippen LogP contribution in [0.15, 0.2) is 35.2 Å². The second-order valence-corrected chi connectivity index (χ2v) is 9.57. The SMILES string of the molecule is CC(C)(C)OC(=O)N(CC1CC1)c1cc(-c2nc(C(=O)Nc3cn(CC=O)nc3C(N)=O)co2)ccn1. The van der Waals surface area contributed by atoms with E-state index in [4.69, 9.17) is 14.9 Å². The van der Waals surface area contributed by atoms with Gasteiger partial charge in [0.15, 0.2) is 11.4 Å². The topological polar surface area (TPSA) is 176 Å². The minimum absolute atomic E-state index is 0.0307. The van der Waals surface area contributed by atoms with Gasteiger partial charge in [-0.25, -0.2) is 14.8 Å². The van der Waals surface area contributed by atoms with Crippen molar-refractivity contribution in [2.75, 3.05) is 16.8 Å². The highest BCUT2D eigenvalue weighted by molar-refractivity contribution is 6.07. The highest BCUT2D eigenvalue weighted by Gasteiger charge is 2.31. The van der Waals surface area contributed by atoms with Gasteiger partial charge in [-0.3, -0.25) is 19.2 Å². The molecule has 4 rings (SSSR count). The van der Waals surface area contributed by atoms with E-state index in [-0.39, 0.29) is 29.5 Å². The lowest BCUT2D eigenvalue weighted by atomic mass is 10.2. The lowest BCUT2D eigenvalue weighted by Gasteiger charge is -2.27. The van der Waals surface area contributed by atoms with E-state index in [1.165, 1.54) is 22.0 Å². The van der Waals surface area contributed by atoms with Crippen molar-refractivity contribution in [2.45, 2.75) is 45.8 Å². The van der Waals surface area contributed by atoms with E-state index < -0.39 is 23.5 Å². The first-order valence-corrected chi connectivity index (χ1v) is 11.6. The Balaban J connectivity index is 1.54. The van der Waals surface area contributed by atoms with Crippen LogP contribution in [0.2, 0.25) is 0 Å². The third kappa shape index (κ3) is 6.37. The summed E-state index contributed by atoms with van der Waals surface area (Å²) in [5.74, 6) is -0.670. The van der Waals surface area contributed by atoms with Gasteiger partial charge in [0.1, 0.15) is 24.0 Å². The number of carbonyl (C=O) groups is 4. The Morgan fingerprint density at radius 2 is 2.08 bits per heavy atom. The molecule has 0 bridgehead atoms. The number of rotatable bonds is 9. The van der Waals surface area contributed by atoms with Crippen molar-refractivity contribution in [3.63, 3.8) is 0 Å². The molecular formula is C24H27N7O6. The largest absolute Gasteiger partial charge is 0.444 e. The summed E-state index contributed by atoms with van der Waals surface area (Å²) in [4.78, 5) is 58.1. The van der Waals surface area contributed by atoms with Crippen LogP contribution < -0.4 is 16.0 Å². The number of nitrogens with zero attached hydrogens (tertiary/aromatic N) is 5. The van der Waals surface area contributed by atoms with E-state index in [0.29, 0.717) is 30.1 Å². The molecule has 0 saturated heterocycles. The number of anilines is 2. The Hall–Kier alpha value is -4.55. The molecule has 0 atom stereocenters. The van der Waals surface area contributed by atoms with Gasteiger partial charge in [0.25, 0.3) is 11.8 Å². The molecule has 0 spiro atoms. The quantitative estimate of drug-likeness (QED) is 0.411. The van der Waals surface area contributed by atoms with Crippen molar-refractivity contribution in [3.05, 3.63) is 42.2 Å². The summed E-state index contributed by atoms with van der Waals surface area (Å²) >= 11 is 0. The second kappa shape index (κ2) is 10.2. The molecule has 1 saturated carbocycles. The Morgan fingerprint density at radius 1 is 1.32 bits per heavy atom. The third-order valence-corrected chi connectivity index (χ3v) is 5.26. The number of aromatic nitrogens is 4. The molecule has 3 amide bonds. The predicted octanol–water partition coefficient (Wildman–Crippen LogP) is 2.63. The number of nitrogens with two attached hydrogens (primary N) is 1. The summed E-state index contributed by atoms with van der Waals surface area (Å²) in [6.45, 7) is 5.75. The lowest BCUT2D eigenvalue weighted by Crippen LogP contribution is -2.38. The molecular weight excluding hydrogens is 482 g/mol. The maximum atomic E-state index is 12.9. The molecule has 0 unspecified atom stereocenters. The summed E-state index contributed by atoms with van der Waals surface area (Å²) in [6, 6.07) is 3.27. The van der Waals surface area contributed by atoms with E-state index in [1.54, 1.807) is 32.9 Å². The molecule has 13 heteroatoms. The summed E-state index contributed by atoms with van der Waals surface area (Å²) in [5.41, 5.74) is 4.90. The van der Waals surface area contributed by atoms with Gasteiger partial charge in [0.2, 0.25) is 5.89 Å². The molecule has 13 nitrogen and oxygen atoms in total. The zero-order chi connectivity index (χ0) is 26.7. The molecule has 1 fully saturated rings. The number of aldehydes is 1. The maximum Gasteiger partial charge on any atom is 0.416 e. The summed E-state index contributed by atoms with van der Waals surface area (Å²) in [6.07, 6.45) is 6.13. The Labute approximate surface area is 212 Å². The first-order chi connectivity index (χ1) is 17.5. The van der Waals surface area contributed by atoms with Gasteiger partial charge in [-0.15, -0.1) is 0 Å². The first kappa shape index (κ1) is 25.5. The third-order valence-electron chi connectivity index (χ3n) is 5.26. The number of pyridine rings is 1. The van der Waals surface area contributed by atoms with Crippen molar-refractivity contribution >= 4 is 35.7 Å². The van der Waals surface area contributed by atoms with Crippen molar-refractivity contribution < 1.29 is 28.3 Å². The molecule has 0 radical (unpaired) electrons. The predicted molar refractivity (Wildman–Crippen MR) is 131 cm³/mol. The molecule has 3 N–H and O–H groups in total. The van der Waals surface area contributed by atoms with Gasteiger partial charge < -0.3 is 25.0 Å². The van der Waals surface area contributed by atoms with Crippen LogP contribution in [0.5, 0.6) is 0 Å². The van der Waals surface area contributed by atoms with E-state index >= 15 is 0 Å². The van der Waals surface area contributed by atoms with E-state index in [0.717, 1.165) is 19.1 Å². The van der Waals surface area contributed by atoms with Gasteiger partial charge in [0, 0.05) is 24.5 Å². The van der Waals surface area contributed by atoms with Crippen molar-refractivity contribution in [1.82, 2.24) is 19.7 Å². The zero-order valence-electron chi connectivity index (χ0n) is 20.6. The van der Waals surface area contributed by atoms with Crippen LogP contribution in [-0.4, -0.2) is 56.1 Å². The molecule has 37 heavy (non-hydrogen) atoms. The Bertz CT molecular complexity index is 1340. The molecule has 3 aromatic heterocycles. The maximum absolute atomic E-state index is 12.9. The van der Waals surface area contributed by atoms with Crippen LogP contribution in [0.4, 0.5) is 16.3 Å². The monoisotopic (exact) mass is 509 g/mol. The molecule has 3 aromatic rings. The highest BCUT2D eigenvalue weighted by atomic mass is 16.6. The van der Waals surface area contributed by atoms with Crippen LogP contribution in [0.25, 0.3) is 11.5 Å². The minimum Gasteiger partial charge on any atom is -0.444 e. The Kier molecular flexibility index (Phi) is 7.05. The minimum atomic E-state index is -0.870. The van der Waals surface area contributed by atoms with Gasteiger partial charge in [-0.05, 0) is 51.7 Å². The molecule has 1 aliphatic carbocycles. The van der Waals surface area contributed by atoms with Gasteiger partial charge in [-0.1, -0.05) is 0 Å². The second-order valence-electron chi connectivity index (χ2n) is 9.57. The van der Waals surface area contributed by atoms with E-state index in [2.05, 4.69) is 20.4 Å². The van der Waals surface area contributed by atoms with Crippen LogP contribution in [-0.2, 0) is 16.1 Å². The van der Waals surface area contributed by atoms with E-state index in [9.17, 15) is 19.2 Å². The number of primary amides is 1. The van der Waals surface area contributed by atoms with Crippen molar-refractivity contribution in [2.24, 2.45) is 11.7 Å². The van der Waals surface area contributed by atoms with Crippen LogP contribution >= 0.6 is 0 Å². The fourth-order valence-corrected chi connectivity index (χ4v) is 3.40.